The van der Waals surface area contributed by atoms with Crippen LogP contribution in [0.5, 0.6) is 17.2 Å². The third-order valence-corrected chi connectivity index (χ3v) is 23.9. The van der Waals surface area contributed by atoms with Crippen LogP contribution in [0.2, 0.25) is 0 Å². The van der Waals surface area contributed by atoms with E-state index in [9.17, 15) is 68.4 Å². The van der Waals surface area contributed by atoms with Crippen LogP contribution in [0.1, 0.15) is 146 Å². The molecule has 3 aliphatic rings. The molecule has 1 fully saturated rings. The van der Waals surface area contributed by atoms with E-state index in [-0.39, 0.29) is 161 Å². The smallest absolute Gasteiger partial charge is 0.312 e. The van der Waals surface area contributed by atoms with Gasteiger partial charge in [-0.05, 0) is 62.7 Å². The number of phenolic OH excluding ortho intramolecular Hbond substituents is 1. The fourth-order valence-corrected chi connectivity index (χ4v) is 15.9. The topological polar surface area (TPSA) is 504 Å². The number of ketones is 1. The normalized spacial score (nSPS) is 21.4. The number of ether oxygens (including phenoxy) is 13. The lowest BCUT2D eigenvalue weighted by atomic mass is 9.78. The van der Waals surface area contributed by atoms with E-state index >= 15 is 4.79 Å². The van der Waals surface area contributed by atoms with E-state index < -0.39 is 123 Å². The number of rotatable bonds is 48. The van der Waals surface area contributed by atoms with Gasteiger partial charge in [-0.25, -0.2) is 9.78 Å². The number of anilines is 2. The third kappa shape index (κ3) is 33.1. The Morgan fingerprint density at radius 3 is 1.92 bits per heavy atom. The average molecular weight is 1910 g/mol. The van der Waals surface area contributed by atoms with Crippen LogP contribution in [0, 0.1) is 53.8 Å². The highest BCUT2D eigenvalue weighted by Gasteiger charge is 2.47. The van der Waals surface area contributed by atoms with Gasteiger partial charge in [-0.15, -0.1) is 0 Å². The number of aliphatic hydroxyl groups is 3. The van der Waals surface area contributed by atoms with Gasteiger partial charge in [-0.2, -0.15) is 0 Å². The zero-order chi connectivity index (χ0) is 100. The number of likely N-dealkylation sites (tertiary alicyclic amines) is 1. The molecule has 8 rings (SSSR count). The van der Waals surface area contributed by atoms with Gasteiger partial charge in [0.15, 0.2) is 28.2 Å². The number of quaternary nitrogens is 1. The Hall–Kier alpha value is -10.6. The van der Waals surface area contributed by atoms with Crippen LogP contribution in [0.4, 0.5) is 16.2 Å². The second-order valence-electron chi connectivity index (χ2n) is 36.6. The van der Waals surface area contributed by atoms with Crippen LogP contribution in [-0.2, 0) is 97.0 Å². The molecule has 12 atom stereocenters. The molecule has 38 nitrogen and oxygen atoms in total. The summed E-state index contributed by atoms with van der Waals surface area (Å²) in [5, 5.41) is 60.4. The van der Waals surface area contributed by atoms with Gasteiger partial charge in [0.25, 0.3) is 5.91 Å². The highest BCUT2D eigenvalue weighted by Crippen LogP contribution is 2.43. The number of nitrogens with zero attached hydrogens (tertiary/aromatic N) is 3. The van der Waals surface area contributed by atoms with E-state index in [1.807, 2.05) is 47.0 Å². The van der Waals surface area contributed by atoms with Gasteiger partial charge in [0.05, 0.1) is 154 Å². The van der Waals surface area contributed by atoms with Crippen molar-refractivity contribution in [1.29, 1.82) is 0 Å². The molecule has 3 aliphatic heterocycles. The first-order chi connectivity index (χ1) is 64.5. The van der Waals surface area contributed by atoms with Crippen LogP contribution >= 0.6 is 0 Å². The van der Waals surface area contributed by atoms with Crippen molar-refractivity contribution < 1.29 is 134 Å². The SMILES string of the molecule is CCCOCCOCCOCCOCCOCCOCCOCCNC(=O)CCN1C(=O)CC(C(C)(C)C)C1=O.COCCC(=O)N[C@H](C(=O)C[C@@H](CCCNC(N)=O)C(=O)Nc1ccc(C[N+](C)(C)CCOc2cc(=O)c3nc4c(oc3c2)c2c(=O)c3c(O)c(C)c5c(c34)=C(O)[C@@](C)(O/C=C/[C@H](OC)[C@@H](C)[C@@H](OC(C)=O)[C@H](C)[C@H](O)[C@H](C)[C@@H](O)[C@@H](C)/C=C/C=C(/C)C(=O)N2)O5)cc1)C(C)C. The number of carbonyl (C=O) groups is 9. The lowest BCUT2D eigenvalue weighted by Gasteiger charge is -2.38. The Morgan fingerprint density at radius 1 is 0.743 bits per heavy atom. The van der Waals surface area contributed by atoms with Crippen molar-refractivity contribution in [2.75, 3.05) is 171 Å². The zero-order valence-electron chi connectivity index (χ0n) is 82.0. The minimum atomic E-state index is -2.06. The fourth-order valence-electron chi connectivity index (χ4n) is 15.9. The summed E-state index contributed by atoms with van der Waals surface area (Å²) in [5.74, 6) is -10.5. The van der Waals surface area contributed by atoms with Gasteiger partial charge in [-0.1, -0.05) is 99.6 Å². The second kappa shape index (κ2) is 54.5. The van der Waals surface area contributed by atoms with E-state index in [2.05, 4.69) is 33.5 Å². The number of urea groups is 1. The number of aliphatic hydroxyl groups excluding tert-OH is 3. The van der Waals surface area contributed by atoms with Gasteiger partial charge >= 0.3 is 17.8 Å². The molecular weight excluding hydrogens is 1770 g/mol. The van der Waals surface area contributed by atoms with Gasteiger partial charge in [0.2, 0.25) is 40.4 Å². The number of phenols is 1. The molecule has 8 amide bonds. The lowest BCUT2D eigenvalue weighted by molar-refractivity contribution is -0.903. The Bertz CT molecular complexity index is 5130. The van der Waals surface area contributed by atoms with Gasteiger partial charge < -0.3 is 123 Å². The number of allylic oxidation sites excluding steroid dienone is 2. The standard InChI is InChI=1S/C70H91N7O19.C28H52N2O10/c1-35(2)55(74-51(81)25-28-90-13)47(79)31-44(19-16-26-72-69(71)89)68(88)73-45-22-20-43(21-23-45)34-77(11,12)27-30-92-46-32-48(80)56-50(33-46)95-65-57(75-56)52-53-61(84)41(8)64-54(52)66(86)70(10,96-64)93-29-24-49(91-14)38(5)63(94-42(9)78)40(7)60(83)39(6)59(82)36(3)17-15-18-37(4)67(87)76-58(65)62(53)85;1-5-9-34-11-13-36-15-17-38-19-21-40-22-20-39-18-16-37-14-12-35-10-7-29-25(31)6-8-30-26(32)23-24(27(30)33)28(2,3)4/h15,17-18,20-24,29,32-33,35-36,38-40,44,49,55,59-60,63,82-83H,16,19,25-28,30-31,34H2,1-14H3,(H7-,71,72,73,74,75,76,80,81,84,85,86,87,88,89);24H,5-23H2,1-4H3,(H,29,31)/p+1/b17-15+,29-24+,37-18-;/t36-,38+,39+,40+,44+,49-,55-,59-,60+,63+,70-;/m0./s1. The Morgan fingerprint density at radius 2 is 1.35 bits per heavy atom. The van der Waals surface area contributed by atoms with Crippen molar-refractivity contribution in [2.24, 2.45) is 52.6 Å². The van der Waals surface area contributed by atoms with Crippen molar-refractivity contribution in [3.63, 3.8) is 0 Å². The van der Waals surface area contributed by atoms with Crippen LogP contribution in [0.25, 0.3) is 38.7 Å². The molecule has 0 aliphatic carbocycles. The molecule has 0 spiro atoms. The van der Waals surface area contributed by atoms with Crippen LogP contribution in [-0.4, -0.2) is 284 Å². The molecule has 11 N–H and O–H groups in total. The predicted molar refractivity (Wildman–Crippen MR) is 507 cm³/mol. The first-order valence-corrected chi connectivity index (χ1v) is 46.5. The number of fused-ring (bicyclic) bond motifs is 5. The number of likely N-dealkylation sites (N-methyl/N-ethyl adjacent to an activating group) is 1. The number of benzene rings is 4. The number of Topliss-reactive ketones (excluding diaryl/α,β-unsaturated/α-hetero) is 1. The summed E-state index contributed by atoms with van der Waals surface area (Å²) in [6.07, 6.45) is 5.01. The van der Waals surface area contributed by atoms with Crippen LogP contribution in [0.3, 0.4) is 0 Å². The Labute approximate surface area is 794 Å². The average Bonchev–Trinajstić information content (AvgIpc) is 1.54. The van der Waals surface area contributed by atoms with Crippen molar-refractivity contribution in [1.82, 2.24) is 25.8 Å². The maximum Gasteiger partial charge on any atom is 0.312 e. The van der Waals surface area contributed by atoms with Gasteiger partial charge in [-0.3, -0.25) is 52.8 Å². The summed E-state index contributed by atoms with van der Waals surface area (Å²) in [6, 6.07) is 8.28. The van der Waals surface area contributed by atoms with Crippen molar-refractivity contribution >= 4 is 103 Å². The number of esters is 1. The maximum absolute atomic E-state index is 15.1. The van der Waals surface area contributed by atoms with Gasteiger partial charge in [0, 0.05) is 149 Å². The molecule has 1 unspecified atom stereocenters. The minimum Gasteiger partial charge on any atom is -0.507 e. The molecule has 1 saturated heterocycles. The van der Waals surface area contributed by atoms with Crippen molar-refractivity contribution in [3.8, 4) is 17.2 Å². The number of methoxy groups -OCH3 is 2. The summed E-state index contributed by atoms with van der Waals surface area (Å²) in [5.41, 5.74) is 3.34. The number of aromatic nitrogens is 1. The molecule has 1 aromatic heterocycles. The van der Waals surface area contributed by atoms with Crippen molar-refractivity contribution in [2.45, 2.75) is 185 Å². The molecule has 38 heteroatoms. The lowest BCUT2D eigenvalue weighted by Crippen LogP contribution is -2.46. The number of amides is 8. The summed E-state index contributed by atoms with van der Waals surface area (Å²) >= 11 is 0. The minimum absolute atomic E-state index is 0.00168. The highest BCUT2D eigenvalue weighted by molar-refractivity contribution is 6.17. The first kappa shape index (κ1) is 112. The fraction of sp³-hybridized carbons (Fsp3) is 0.612. The van der Waals surface area contributed by atoms with Crippen LogP contribution < -0.4 is 57.9 Å². The number of aromatic hydroxyl groups is 1. The van der Waals surface area contributed by atoms with Crippen molar-refractivity contribution in [3.05, 3.63) is 109 Å². The third-order valence-electron chi connectivity index (χ3n) is 23.9. The van der Waals surface area contributed by atoms with E-state index in [0.717, 1.165) is 18.6 Å². The number of hydrogen-bond donors (Lipinski definition) is 10. The number of carbonyl (C=O) groups excluding carboxylic acids is 9. The number of nitrogens with two attached hydrogens (primary N) is 1. The molecule has 5 aromatic rings. The summed E-state index contributed by atoms with van der Waals surface area (Å²) in [6.45, 7) is 32.9. The molecule has 4 heterocycles. The Balaban J connectivity index is 0.000000527. The monoisotopic (exact) mass is 1910 g/mol. The number of hydrogen-bond acceptors (Lipinski definition) is 30. The quantitative estimate of drug-likeness (QED) is 0.00443. The van der Waals surface area contributed by atoms with E-state index in [1.165, 1.54) is 83.4 Å². The molecule has 754 valence electrons. The maximum atomic E-state index is 15.1. The number of imide groups is 1. The number of primary amides is 1. The highest BCUT2D eigenvalue weighted by atomic mass is 16.7. The van der Waals surface area contributed by atoms with E-state index in [0.29, 0.717) is 122 Å². The molecule has 0 radical (unpaired) electrons. The molecule has 5 bridgehead atoms. The zero-order valence-corrected chi connectivity index (χ0v) is 82.0. The summed E-state index contributed by atoms with van der Waals surface area (Å²) < 4.78 is 80.1. The molecule has 136 heavy (non-hydrogen) atoms. The van der Waals surface area contributed by atoms with E-state index in [4.69, 9.17) is 76.7 Å². The first-order valence-electron chi connectivity index (χ1n) is 46.5. The Kier molecular flexibility index (Phi) is 45.0. The molecular formula is C98H144N9O29+. The largest absolute Gasteiger partial charge is 0.507 e. The van der Waals surface area contributed by atoms with Crippen LogP contribution in [0.15, 0.2) is 86.5 Å². The predicted octanol–water partition coefficient (Wildman–Crippen LogP) is 7.80. The summed E-state index contributed by atoms with van der Waals surface area (Å²) in [7, 11) is 6.83. The second-order valence-corrected chi connectivity index (χ2v) is 36.6. The molecule has 4 aromatic carbocycles. The summed E-state index contributed by atoms with van der Waals surface area (Å²) in [4.78, 5) is 150. The molecule has 0 saturated carbocycles. The van der Waals surface area contributed by atoms with E-state index in [1.54, 1.807) is 59.8 Å². The van der Waals surface area contributed by atoms with Gasteiger partial charge in [0.1, 0.15) is 54.3 Å². The number of nitrogens with one attached hydrogen (secondary N) is 5.